The van der Waals surface area contributed by atoms with E-state index in [1.165, 1.54) is 5.56 Å². The lowest BCUT2D eigenvalue weighted by Gasteiger charge is -2.27. The lowest BCUT2D eigenvalue weighted by molar-refractivity contribution is 0.133. The van der Waals surface area contributed by atoms with Gasteiger partial charge in [-0.25, -0.2) is 0 Å². The van der Waals surface area contributed by atoms with Crippen LogP contribution in [-0.4, -0.2) is 18.3 Å². The molecule has 0 saturated carbocycles. The van der Waals surface area contributed by atoms with Crippen LogP contribution in [-0.2, 0) is 12.0 Å². The minimum Gasteiger partial charge on any atom is -0.491 e. The second-order valence-corrected chi connectivity index (χ2v) is 4.97. The van der Waals surface area contributed by atoms with Crippen LogP contribution in [0.5, 0.6) is 5.75 Å². The van der Waals surface area contributed by atoms with Crippen LogP contribution < -0.4 is 10.5 Å². The predicted octanol–water partition coefficient (Wildman–Crippen LogP) is 2.47. The zero-order chi connectivity index (χ0) is 14.4. The first-order valence-electron chi connectivity index (χ1n) is 6.85. The van der Waals surface area contributed by atoms with E-state index in [1.807, 2.05) is 48.5 Å². The lowest BCUT2D eigenvalue weighted by atomic mass is 9.93. The first kappa shape index (κ1) is 14.6. The Bertz CT molecular complexity index is 542. The van der Waals surface area contributed by atoms with Gasteiger partial charge in [0.15, 0.2) is 0 Å². The summed E-state index contributed by atoms with van der Waals surface area (Å²) in [6.45, 7) is 2.18. The van der Waals surface area contributed by atoms with E-state index in [9.17, 15) is 5.11 Å². The van der Waals surface area contributed by atoms with Crippen molar-refractivity contribution in [2.45, 2.75) is 18.9 Å². The van der Waals surface area contributed by atoms with Crippen LogP contribution in [0.4, 0.5) is 0 Å². The van der Waals surface area contributed by atoms with Crippen LogP contribution >= 0.6 is 0 Å². The molecule has 0 aliphatic carbocycles. The van der Waals surface area contributed by atoms with Crippen LogP contribution in [0.3, 0.4) is 0 Å². The number of aliphatic hydroxyl groups is 1. The van der Waals surface area contributed by atoms with E-state index in [0.29, 0.717) is 0 Å². The van der Waals surface area contributed by atoms with E-state index >= 15 is 0 Å². The Kier molecular flexibility index (Phi) is 4.77. The molecule has 0 aliphatic rings. The quantitative estimate of drug-likeness (QED) is 0.848. The molecule has 20 heavy (non-hydrogen) atoms. The number of nitrogens with two attached hydrogens (primary N) is 1. The van der Waals surface area contributed by atoms with Crippen molar-refractivity contribution in [2.75, 3.05) is 13.2 Å². The van der Waals surface area contributed by atoms with Gasteiger partial charge in [-0.05, 0) is 29.7 Å². The van der Waals surface area contributed by atoms with E-state index in [2.05, 4.69) is 13.0 Å². The van der Waals surface area contributed by atoms with Crippen molar-refractivity contribution in [3.63, 3.8) is 0 Å². The Morgan fingerprint density at radius 3 is 2.50 bits per heavy atom. The highest BCUT2D eigenvalue weighted by atomic mass is 16.5. The third-order valence-corrected chi connectivity index (χ3v) is 3.43. The fraction of sp³-hybridized carbons (Fsp3) is 0.294. The zero-order valence-corrected chi connectivity index (χ0v) is 11.8. The van der Waals surface area contributed by atoms with Crippen LogP contribution in [0, 0.1) is 0 Å². The fourth-order valence-corrected chi connectivity index (χ4v) is 2.06. The average Bonchev–Trinajstić information content (AvgIpc) is 2.53. The summed E-state index contributed by atoms with van der Waals surface area (Å²) in [4.78, 5) is 0. The highest BCUT2D eigenvalue weighted by Gasteiger charge is 2.27. The Hall–Kier alpha value is -1.84. The van der Waals surface area contributed by atoms with E-state index < -0.39 is 5.54 Å². The van der Waals surface area contributed by atoms with Gasteiger partial charge < -0.3 is 15.6 Å². The van der Waals surface area contributed by atoms with Crippen molar-refractivity contribution in [2.24, 2.45) is 5.73 Å². The summed E-state index contributed by atoms with van der Waals surface area (Å²) < 4.78 is 5.77. The van der Waals surface area contributed by atoms with Crippen molar-refractivity contribution < 1.29 is 9.84 Å². The number of aliphatic hydroxyl groups excluding tert-OH is 1. The van der Waals surface area contributed by atoms with Gasteiger partial charge in [-0.2, -0.15) is 0 Å². The van der Waals surface area contributed by atoms with Crippen LogP contribution in [0.1, 0.15) is 18.1 Å². The number of rotatable bonds is 6. The van der Waals surface area contributed by atoms with E-state index in [-0.39, 0.29) is 13.2 Å². The Labute approximate surface area is 120 Å². The Morgan fingerprint density at radius 1 is 1.10 bits per heavy atom. The molecule has 2 rings (SSSR count). The summed E-state index contributed by atoms with van der Waals surface area (Å²) in [5.41, 5.74) is 7.46. The van der Waals surface area contributed by atoms with Crippen LogP contribution in [0.25, 0.3) is 0 Å². The van der Waals surface area contributed by atoms with E-state index in [0.717, 1.165) is 17.7 Å². The van der Waals surface area contributed by atoms with Crippen molar-refractivity contribution in [1.29, 1.82) is 0 Å². The van der Waals surface area contributed by atoms with Crippen LogP contribution in [0.2, 0.25) is 0 Å². The smallest absolute Gasteiger partial charge is 0.119 e. The minimum atomic E-state index is -0.885. The lowest BCUT2D eigenvalue weighted by Crippen LogP contribution is -2.46. The summed E-state index contributed by atoms with van der Waals surface area (Å²) in [6.07, 6.45) is 0.962. The third kappa shape index (κ3) is 3.38. The number of hydrogen-bond acceptors (Lipinski definition) is 3. The molecule has 0 fully saturated rings. The fourth-order valence-electron chi connectivity index (χ4n) is 2.06. The summed E-state index contributed by atoms with van der Waals surface area (Å²) in [6, 6.07) is 17.5. The monoisotopic (exact) mass is 271 g/mol. The third-order valence-electron chi connectivity index (χ3n) is 3.43. The van der Waals surface area contributed by atoms with Crippen LogP contribution in [0.15, 0.2) is 54.6 Å². The predicted molar refractivity (Wildman–Crippen MR) is 80.7 cm³/mol. The zero-order valence-electron chi connectivity index (χ0n) is 11.8. The maximum Gasteiger partial charge on any atom is 0.119 e. The Balaban J connectivity index is 2.10. The first-order valence-corrected chi connectivity index (χ1v) is 6.85. The van der Waals surface area contributed by atoms with E-state index in [1.54, 1.807) is 0 Å². The number of aryl methyl sites for hydroxylation is 1. The minimum absolute atomic E-state index is 0.162. The molecular weight excluding hydrogens is 250 g/mol. The molecule has 3 N–H and O–H groups in total. The molecule has 3 nitrogen and oxygen atoms in total. The van der Waals surface area contributed by atoms with Crippen molar-refractivity contribution in [3.8, 4) is 5.75 Å². The summed E-state index contributed by atoms with van der Waals surface area (Å²) in [5, 5.41) is 9.61. The number of benzene rings is 2. The normalized spacial score (nSPS) is 13.8. The van der Waals surface area contributed by atoms with Gasteiger partial charge in [0, 0.05) is 0 Å². The molecule has 0 radical (unpaired) electrons. The van der Waals surface area contributed by atoms with Crippen molar-refractivity contribution in [3.05, 3.63) is 65.7 Å². The first-order chi connectivity index (χ1) is 9.68. The molecule has 3 heteroatoms. The van der Waals surface area contributed by atoms with Crippen molar-refractivity contribution >= 4 is 0 Å². The number of ether oxygens (including phenoxy) is 1. The van der Waals surface area contributed by atoms with Gasteiger partial charge in [-0.3, -0.25) is 0 Å². The molecular formula is C17H21NO2. The second kappa shape index (κ2) is 6.55. The highest BCUT2D eigenvalue weighted by molar-refractivity contribution is 5.29. The topological polar surface area (TPSA) is 55.5 Å². The molecule has 0 spiro atoms. The summed E-state index contributed by atoms with van der Waals surface area (Å²) in [5.74, 6) is 0.781. The number of hydrogen-bond donors (Lipinski definition) is 2. The average molecular weight is 271 g/mol. The van der Waals surface area contributed by atoms with Gasteiger partial charge in [0.05, 0.1) is 12.1 Å². The second-order valence-electron chi connectivity index (χ2n) is 4.97. The molecule has 2 aromatic rings. The molecule has 0 aromatic heterocycles. The molecule has 1 atom stereocenters. The SMILES string of the molecule is CCc1cccc(OCC(N)(CO)c2ccccc2)c1. The van der Waals surface area contributed by atoms with Gasteiger partial charge in [-0.1, -0.05) is 49.4 Å². The van der Waals surface area contributed by atoms with Gasteiger partial charge >= 0.3 is 0 Å². The van der Waals surface area contributed by atoms with Gasteiger partial charge in [0.2, 0.25) is 0 Å². The molecule has 0 saturated heterocycles. The van der Waals surface area contributed by atoms with Crippen molar-refractivity contribution in [1.82, 2.24) is 0 Å². The van der Waals surface area contributed by atoms with E-state index in [4.69, 9.17) is 10.5 Å². The maximum absolute atomic E-state index is 9.61. The standard InChI is InChI=1S/C17H21NO2/c1-2-14-7-6-10-16(11-14)20-13-17(18,12-19)15-8-4-3-5-9-15/h3-11,19H,2,12-13,18H2,1H3. The maximum atomic E-state index is 9.61. The molecule has 0 bridgehead atoms. The molecule has 0 aliphatic heterocycles. The largest absolute Gasteiger partial charge is 0.491 e. The molecule has 2 aromatic carbocycles. The van der Waals surface area contributed by atoms with Gasteiger partial charge in [0.1, 0.15) is 12.4 Å². The summed E-state index contributed by atoms with van der Waals surface area (Å²) in [7, 11) is 0. The van der Waals surface area contributed by atoms with Gasteiger partial charge in [0.25, 0.3) is 0 Å². The molecule has 1 unspecified atom stereocenters. The molecule has 106 valence electrons. The molecule has 0 heterocycles. The molecule has 0 amide bonds. The summed E-state index contributed by atoms with van der Waals surface area (Å²) >= 11 is 0. The Morgan fingerprint density at radius 2 is 1.85 bits per heavy atom. The highest BCUT2D eigenvalue weighted by Crippen LogP contribution is 2.21. The van der Waals surface area contributed by atoms with Gasteiger partial charge in [-0.15, -0.1) is 0 Å².